The van der Waals surface area contributed by atoms with Gasteiger partial charge in [0.05, 0.1) is 13.2 Å². The third kappa shape index (κ3) is 2.88. The second-order valence-electron chi connectivity index (χ2n) is 5.49. The lowest BCUT2D eigenvalue weighted by atomic mass is 10.3. The Morgan fingerprint density at radius 1 is 1.55 bits per heavy atom. The van der Waals surface area contributed by atoms with Crippen molar-refractivity contribution in [2.24, 2.45) is 11.8 Å². The molecule has 0 bridgehead atoms. The Hall–Kier alpha value is -1.34. The van der Waals surface area contributed by atoms with Crippen molar-refractivity contribution < 1.29 is 9.53 Å². The molecule has 2 atom stereocenters. The van der Waals surface area contributed by atoms with E-state index in [0.29, 0.717) is 29.8 Å². The summed E-state index contributed by atoms with van der Waals surface area (Å²) in [5, 5.41) is 3.77. The van der Waals surface area contributed by atoms with Crippen LogP contribution in [0.4, 0.5) is 10.9 Å². The Kier molecular flexibility index (Phi) is 3.80. The van der Waals surface area contributed by atoms with Crippen LogP contribution in [-0.4, -0.2) is 43.7 Å². The number of nitrogens with zero attached hydrogens (tertiary/aromatic N) is 2. The van der Waals surface area contributed by atoms with Gasteiger partial charge in [-0.3, -0.25) is 4.79 Å². The largest absolute Gasteiger partial charge is 0.382 e. The number of ether oxygens (including phenoxy) is 1. The highest BCUT2D eigenvalue weighted by Gasteiger charge is 2.33. The molecule has 2 heterocycles. The van der Waals surface area contributed by atoms with Crippen LogP contribution in [0.25, 0.3) is 0 Å². The molecule has 3 N–H and O–H groups in total. The first kappa shape index (κ1) is 13.6. The SMILES string of the molecule is CC1CC1CNC(=O)c1sc(N2CCOCC2)nc1N. The van der Waals surface area contributed by atoms with Crippen molar-refractivity contribution in [2.45, 2.75) is 13.3 Å². The monoisotopic (exact) mass is 296 g/mol. The summed E-state index contributed by atoms with van der Waals surface area (Å²) >= 11 is 1.37. The number of aromatic nitrogens is 1. The molecule has 0 radical (unpaired) electrons. The Balaban J connectivity index is 1.63. The van der Waals surface area contributed by atoms with E-state index in [4.69, 9.17) is 10.5 Å². The Bertz CT molecular complexity index is 499. The highest BCUT2D eigenvalue weighted by atomic mass is 32.1. The maximum atomic E-state index is 12.1. The zero-order valence-corrected chi connectivity index (χ0v) is 12.4. The average Bonchev–Trinajstić information content (AvgIpc) is 3.02. The first-order chi connectivity index (χ1) is 9.65. The number of morpholine rings is 1. The molecule has 2 unspecified atom stereocenters. The van der Waals surface area contributed by atoms with Crippen LogP contribution in [0.15, 0.2) is 0 Å². The summed E-state index contributed by atoms with van der Waals surface area (Å²) in [6.07, 6.45) is 1.21. The molecule has 7 heteroatoms. The van der Waals surface area contributed by atoms with E-state index in [1.165, 1.54) is 17.8 Å². The summed E-state index contributed by atoms with van der Waals surface area (Å²) in [6, 6.07) is 0. The summed E-state index contributed by atoms with van der Waals surface area (Å²) in [5.74, 6) is 1.60. The van der Waals surface area contributed by atoms with E-state index < -0.39 is 0 Å². The molecule has 3 rings (SSSR count). The first-order valence-corrected chi connectivity index (χ1v) is 7.84. The number of carbonyl (C=O) groups is 1. The summed E-state index contributed by atoms with van der Waals surface area (Å²) in [6.45, 7) is 5.93. The third-order valence-corrected chi connectivity index (χ3v) is 5.06. The fourth-order valence-corrected chi connectivity index (χ4v) is 3.31. The summed E-state index contributed by atoms with van der Waals surface area (Å²) in [4.78, 5) is 19.1. The quantitative estimate of drug-likeness (QED) is 0.864. The number of hydrogen-bond donors (Lipinski definition) is 2. The van der Waals surface area contributed by atoms with Gasteiger partial charge in [0.2, 0.25) is 0 Å². The zero-order chi connectivity index (χ0) is 14.1. The van der Waals surface area contributed by atoms with Crippen LogP contribution in [0.3, 0.4) is 0 Å². The highest BCUT2D eigenvalue weighted by Crippen LogP contribution is 2.37. The number of rotatable bonds is 4. The smallest absolute Gasteiger partial charge is 0.265 e. The lowest BCUT2D eigenvalue weighted by molar-refractivity contribution is 0.0956. The number of nitrogens with two attached hydrogens (primary N) is 1. The Morgan fingerprint density at radius 3 is 2.90 bits per heavy atom. The van der Waals surface area contributed by atoms with Gasteiger partial charge in [-0.15, -0.1) is 0 Å². The van der Waals surface area contributed by atoms with Crippen LogP contribution in [-0.2, 0) is 4.74 Å². The Labute approximate surface area is 122 Å². The van der Waals surface area contributed by atoms with Gasteiger partial charge in [-0.1, -0.05) is 18.3 Å². The van der Waals surface area contributed by atoms with Crippen molar-refractivity contribution in [3.63, 3.8) is 0 Å². The standard InChI is InChI=1S/C13H20N4O2S/c1-8-6-9(8)7-15-12(18)10-11(14)16-13(20-10)17-2-4-19-5-3-17/h8-9H,2-7,14H2,1H3,(H,15,18). The molecule has 1 aliphatic carbocycles. The molecule has 2 aliphatic rings. The number of amides is 1. The molecular formula is C13H20N4O2S. The minimum atomic E-state index is -0.0985. The molecule has 0 aromatic carbocycles. The second-order valence-corrected chi connectivity index (χ2v) is 6.47. The normalized spacial score (nSPS) is 25.6. The molecule has 1 aromatic rings. The molecule has 0 spiro atoms. The molecule has 1 amide bonds. The van der Waals surface area contributed by atoms with Crippen molar-refractivity contribution in [3.05, 3.63) is 4.88 Å². The fourth-order valence-electron chi connectivity index (χ4n) is 2.36. The highest BCUT2D eigenvalue weighted by molar-refractivity contribution is 7.18. The van der Waals surface area contributed by atoms with Crippen LogP contribution in [0, 0.1) is 11.8 Å². The molecule has 1 saturated carbocycles. The maximum absolute atomic E-state index is 12.1. The predicted molar refractivity (Wildman–Crippen MR) is 79.2 cm³/mol. The fraction of sp³-hybridized carbons (Fsp3) is 0.692. The van der Waals surface area contributed by atoms with Gasteiger partial charge in [0.1, 0.15) is 10.7 Å². The van der Waals surface area contributed by atoms with Crippen LogP contribution in [0.1, 0.15) is 23.0 Å². The van der Waals surface area contributed by atoms with Crippen molar-refractivity contribution >= 4 is 28.2 Å². The van der Waals surface area contributed by atoms with Crippen LogP contribution < -0.4 is 16.0 Å². The molecule has 110 valence electrons. The van der Waals surface area contributed by atoms with E-state index >= 15 is 0 Å². The average molecular weight is 296 g/mol. The van der Waals surface area contributed by atoms with Gasteiger partial charge in [-0.2, -0.15) is 0 Å². The van der Waals surface area contributed by atoms with E-state index in [2.05, 4.69) is 22.1 Å². The molecule has 1 saturated heterocycles. The van der Waals surface area contributed by atoms with Gasteiger partial charge in [0, 0.05) is 19.6 Å². The van der Waals surface area contributed by atoms with Gasteiger partial charge in [-0.25, -0.2) is 4.98 Å². The minimum Gasteiger partial charge on any atom is -0.382 e. The van der Waals surface area contributed by atoms with Gasteiger partial charge in [-0.05, 0) is 18.3 Å². The van der Waals surface area contributed by atoms with E-state index in [9.17, 15) is 4.79 Å². The van der Waals surface area contributed by atoms with Crippen molar-refractivity contribution in [2.75, 3.05) is 43.5 Å². The number of thiazole rings is 1. The predicted octanol–water partition coefficient (Wildman–Crippen LogP) is 0.948. The summed E-state index contributed by atoms with van der Waals surface area (Å²) < 4.78 is 5.31. The number of carbonyl (C=O) groups excluding carboxylic acids is 1. The lowest BCUT2D eigenvalue weighted by Crippen LogP contribution is -2.36. The van der Waals surface area contributed by atoms with Crippen molar-refractivity contribution in [3.8, 4) is 0 Å². The minimum absolute atomic E-state index is 0.0985. The van der Waals surface area contributed by atoms with Gasteiger partial charge in [0.15, 0.2) is 5.13 Å². The summed E-state index contributed by atoms with van der Waals surface area (Å²) in [7, 11) is 0. The second kappa shape index (κ2) is 5.57. The number of nitrogen functional groups attached to an aromatic ring is 1. The van der Waals surface area contributed by atoms with Crippen LogP contribution in [0.2, 0.25) is 0 Å². The van der Waals surface area contributed by atoms with E-state index in [1.54, 1.807) is 0 Å². The third-order valence-electron chi connectivity index (χ3n) is 3.93. The number of hydrogen-bond acceptors (Lipinski definition) is 6. The molecule has 20 heavy (non-hydrogen) atoms. The number of nitrogens with one attached hydrogen (secondary N) is 1. The summed E-state index contributed by atoms with van der Waals surface area (Å²) in [5.41, 5.74) is 5.88. The van der Waals surface area contributed by atoms with Gasteiger partial charge < -0.3 is 20.7 Å². The maximum Gasteiger partial charge on any atom is 0.265 e. The molecular weight excluding hydrogens is 276 g/mol. The lowest BCUT2D eigenvalue weighted by Gasteiger charge is -2.25. The molecule has 1 aliphatic heterocycles. The van der Waals surface area contributed by atoms with Gasteiger partial charge in [0.25, 0.3) is 5.91 Å². The van der Waals surface area contributed by atoms with E-state index in [1.807, 2.05) is 0 Å². The van der Waals surface area contributed by atoms with Crippen LogP contribution >= 0.6 is 11.3 Å². The zero-order valence-electron chi connectivity index (χ0n) is 11.6. The first-order valence-electron chi connectivity index (χ1n) is 7.02. The van der Waals surface area contributed by atoms with Gasteiger partial charge >= 0.3 is 0 Å². The van der Waals surface area contributed by atoms with Crippen molar-refractivity contribution in [1.29, 1.82) is 0 Å². The van der Waals surface area contributed by atoms with Crippen molar-refractivity contribution in [1.82, 2.24) is 10.3 Å². The van der Waals surface area contributed by atoms with E-state index in [0.717, 1.165) is 30.7 Å². The molecule has 1 aromatic heterocycles. The van der Waals surface area contributed by atoms with Crippen LogP contribution in [0.5, 0.6) is 0 Å². The Morgan fingerprint density at radius 2 is 2.25 bits per heavy atom. The topological polar surface area (TPSA) is 80.5 Å². The molecule has 2 fully saturated rings. The molecule has 6 nitrogen and oxygen atoms in total. The van der Waals surface area contributed by atoms with E-state index in [-0.39, 0.29) is 5.91 Å². The number of anilines is 2.